The highest BCUT2D eigenvalue weighted by Crippen LogP contribution is 2.18. The number of carbonyl (C=O) groups excluding carboxylic acids is 2. The Bertz CT molecular complexity index is 363. The summed E-state index contributed by atoms with van der Waals surface area (Å²) in [6.45, 7) is 0. The summed E-state index contributed by atoms with van der Waals surface area (Å²) in [4.78, 5) is 23.0. The monoisotopic (exact) mass is 209 g/mol. The van der Waals surface area contributed by atoms with E-state index in [1.54, 1.807) is 19.2 Å². The average Bonchev–Trinajstić information content (AvgIpc) is 2.27. The number of hydrogen-bond donors (Lipinski definition) is 1. The number of nitrogens with one attached hydrogen (secondary N) is 1. The first kappa shape index (κ1) is 10.8. The van der Waals surface area contributed by atoms with E-state index >= 15 is 0 Å². The minimum absolute atomic E-state index is 0.233. The molecule has 1 aromatic carbocycles. The number of carbonyl (C=O) groups is 2. The van der Waals surface area contributed by atoms with Gasteiger partial charge in [-0.3, -0.25) is 9.59 Å². The summed E-state index contributed by atoms with van der Waals surface area (Å²) < 4.78 is 0. The van der Waals surface area contributed by atoms with Crippen molar-refractivity contribution in [2.75, 3.05) is 13.3 Å². The van der Waals surface area contributed by atoms with Crippen LogP contribution in [0.1, 0.15) is 20.7 Å². The summed E-state index contributed by atoms with van der Waals surface area (Å²) in [5.74, 6) is -0.233. The Hall–Kier alpha value is -1.29. The molecule has 0 radical (unpaired) electrons. The Morgan fingerprint density at radius 1 is 1.50 bits per heavy atom. The maximum Gasteiger partial charge on any atom is 0.251 e. The molecule has 14 heavy (non-hydrogen) atoms. The minimum atomic E-state index is -0.233. The predicted molar refractivity (Wildman–Crippen MR) is 57.0 cm³/mol. The molecule has 1 N–H and O–H groups in total. The molecule has 0 spiro atoms. The highest BCUT2D eigenvalue weighted by molar-refractivity contribution is 7.98. The third kappa shape index (κ3) is 2.14. The smallest absolute Gasteiger partial charge is 0.251 e. The molecule has 1 amide bonds. The molecule has 74 valence electrons. The number of thioether (sulfide) groups is 1. The first-order valence-electron chi connectivity index (χ1n) is 4.08. The standard InChI is InChI=1S/C10H11NO2S/c1-11-10(13)9-5-8(14-2)4-3-7(9)6-12/h3-6H,1-2H3,(H,11,13). The van der Waals surface area contributed by atoms with Crippen LogP contribution in [0.3, 0.4) is 0 Å². The van der Waals surface area contributed by atoms with Gasteiger partial charge in [-0.2, -0.15) is 0 Å². The van der Waals surface area contributed by atoms with Crippen LogP contribution in [0.2, 0.25) is 0 Å². The third-order valence-corrected chi connectivity index (χ3v) is 2.58. The van der Waals surface area contributed by atoms with E-state index in [1.807, 2.05) is 12.3 Å². The van der Waals surface area contributed by atoms with Crippen molar-refractivity contribution in [3.05, 3.63) is 29.3 Å². The zero-order chi connectivity index (χ0) is 10.6. The fourth-order valence-corrected chi connectivity index (χ4v) is 1.54. The molecule has 4 heteroatoms. The second-order valence-corrected chi connectivity index (χ2v) is 3.53. The van der Waals surface area contributed by atoms with Gasteiger partial charge in [-0.15, -0.1) is 11.8 Å². The summed E-state index contributed by atoms with van der Waals surface area (Å²) in [5, 5.41) is 2.50. The van der Waals surface area contributed by atoms with Crippen LogP contribution >= 0.6 is 11.8 Å². The second-order valence-electron chi connectivity index (χ2n) is 2.65. The predicted octanol–water partition coefficient (Wildman–Crippen LogP) is 1.58. The fraction of sp³-hybridized carbons (Fsp3) is 0.200. The molecule has 0 aliphatic heterocycles. The normalized spacial score (nSPS) is 9.57. The van der Waals surface area contributed by atoms with Gasteiger partial charge in [0.05, 0.1) is 5.56 Å². The van der Waals surface area contributed by atoms with Crippen LogP contribution in [0, 0.1) is 0 Å². The van der Waals surface area contributed by atoms with Crippen LogP contribution in [0.15, 0.2) is 23.1 Å². The van der Waals surface area contributed by atoms with Crippen LogP contribution in [-0.4, -0.2) is 25.5 Å². The Morgan fingerprint density at radius 3 is 2.71 bits per heavy atom. The maximum absolute atomic E-state index is 11.4. The van der Waals surface area contributed by atoms with Gasteiger partial charge in [0.1, 0.15) is 0 Å². The molecule has 0 aliphatic carbocycles. The Balaban J connectivity index is 3.21. The van der Waals surface area contributed by atoms with Gasteiger partial charge in [-0.1, -0.05) is 0 Å². The van der Waals surface area contributed by atoms with Crippen molar-refractivity contribution in [1.82, 2.24) is 5.32 Å². The Kier molecular flexibility index (Phi) is 3.71. The quantitative estimate of drug-likeness (QED) is 0.607. The Labute approximate surface area is 86.9 Å². The van der Waals surface area contributed by atoms with Gasteiger partial charge in [-0.25, -0.2) is 0 Å². The number of amides is 1. The van der Waals surface area contributed by atoms with E-state index in [9.17, 15) is 9.59 Å². The first-order valence-corrected chi connectivity index (χ1v) is 5.30. The van der Waals surface area contributed by atoms with Gasteiger partial charge in [0.25, 0.3) is 5.91 Å². The lowest BCUT2D eigenvalue weighted by Gasteiger charge is -2.04. The summed E-state index contributed by atoms with van der Waals surface area (Å²) in [6.07, 6.45) is 2.61. The van der Waals surface area contributed by atoms with Crippen LogP contribution in [0.25, 0.3) is 0 Å². The largest absolute Gasteiger partial charge is 0.355 e. The fourth-order valence-electron chi connectivity index (χ4n) is 1.10. The van der Waals surface area contributed by atoms with Crippen molar-refractivity contribution in [1.29, 1.82) is 0 Å². The molecule has 0 aliphatic rings. The number of benzene rings is 1. The van der Waals surface area contributed by atoms with Crippen LogP contribution in [0.5, 0.6) is 0 Å². The minimum Gasteiger partial charge on any atom is -0.355 e. The Morgan fingerprint density at radius 2 is 2.21 bits per heavy atom. The molecule has 0 saturated carbocycles. The van der Waals surface area contributed by atoms with Crippen molar-refractivity contribution in [2.24, 2.45) is 0 Å². The highest BCUT2D eigenvalue weighted by atomic mass is 32.2. The highest BCUT2D eigenvalue weighted by Gasteiger charge is 2.09. The van der Waals surface area contributed by atoms with Crippen LogP contribution in [-0.2, 0) is 0 Å². The summed E-state index contributed by atoms with van der Waals surface area (Å²) in [7, 11) is 1.54. The molecule has 1 rings (SSSR count). The van der Waals surface area contributed by atoms with E-state index in [2.05, 4.69) is 5.32 Å². The number of aldehydes is 1. The van der Waals surface area contributed by atoms with Gasteiger partial charge in [0, 0.05) is 17.5 Å². The summed E-state index contributed by atoms with van der Waals surface area (Å²) in [6, 6.07) is 5.19. The molecular formula is C10H11NO2S. The molecule has 0 bridgehead atoms. The van der Waals surface area contributed by atoms with E-state index in [0.717, 1.165) is 4.90 Å². The van der Waals surface area contributed by atoms with Gasteiger partial charge < -0.3 is 5.32 Å². The van der Waals surface area contributed by atoms with Gasteiger partial charge in [0.2, 0.25) is 0 Å². The molecule has 0 unspecified atom stereocenters. The lowest BCUT2D eigenvalue weighted by molar-refractivity contribution is 0.0957. The molecule has 0 saturated heterocycles. The van der Waals surface area contributed by atoms with Crippen molar-refractivity contribution < 1.29 is 9.59 Å². The zero-order valence-corrected chi connectivity index (χ0v) is 8.85. The molecule has 3 nitrogen and oxygen atoms in total. The summed E-state index contributed by atoms with van der Waals surface area (Å²) in [5.41, 5.74) is 0.844. The number of rotatable bonds is 3. The van der Waals surface area contributed by atoms with E-state index < -0.39 is 0 Å². The van der Waals surface area contributed by atoms with Crippen molar-refractivity contribution in [3.8, 4) is 0 Å². The van der Waals surface area contributed by atoms with Gasteiger partial charge >= 0.3 is 0 Å². The second kappa shape index (κ2) is 4.81. The summed E-state index contributed by atoms with van der Waals surface area (Å²) >= 11 is 1.53. The first-order chi connectivity index (χ1) is 6.72. The number of hydrogen-bond acceptors (Lipinski definition) is 3. The SMILES string of the molecule is CNC(=O)c1cc(SC)ccc1C=O. The lowest BCUT2D eigenvalue weighted by Crippen LogP contribution is -2.19. The van der Waals surface area contributed by atoms with Gasteiger partial charge in [0.15, 0.2) is 6.29 Å². The molecule has 0 heterocycles. The molecular weight excluding hydrogens is 198 g/mol. The molecule has 0 atom stereocenters. The zero-order valence-electron chi connectivity index (χ0n) is 8.03. The molecule has 0 aromatic heterocycles. The van der Waals surface area contributed by atoms with Crippen LogP contribution < -0.4 is 5.32 Å². The molecule has 0 fully saturated rings. The maximum atomic E-state index is 11.4. The van der Waals surface area contributed by atoms with E-state index in [4.69, 9.17) is 0 Å². The molecule has 1 aromatic rings. The van der Waals surface area contributed by atoms with E-state index in [-0.39, 0.29) is 5.91 Å². The van der Waals surface area contributed by atoms with Crippen molar-refractivity contribution in [3.63, 3.8) is 0 Å². The lowest BCUT2D eigenvalue weighted by atomic mass is 10.1. The topological polar surface area (TPSA) is 46.2 Å². The average molecular weight is 209 g/mol. The van der Waals surface area contributed by atoms with Gasteiger partial charge in [-0.05, 0) is 24.5 Å². The van der Waals surface area contributed by atoms with E-state index in [1.165, 1.54) is 11.8 Å². The third-order valence-electron chi connectivity index (χ3n) is 1.86. The van der Waals surface area contributed by atoms with Crippen molar-refractivity contribution >= 4 is 24.0 Å². The van der Waals surface area contributed by atoms with Crippen molar-refractivity contribution in [2.45, 2.75) is 4.90 Å². The van der Waals surface area contributed by atoms with E-state index in [0.29, 0.717) is 17.4 Å². The van der Waals surface area contributed by atoms with Crippen LogP contribution in [0.4, 0.5) is 0 Å².